The molecule has 0 atom stereocenters. The van der Waals surface area contributed by atoms with E-state index >= 15 is 0 Å². The summed E-state index contributed by atoms with van der Waals surface area (Å²) in [5, 5.41) is 4.34. The van der Waals surface area contributed by atoms with E-state index < -0.39 is 0 Å². The van der Waals surface area contributed by atoms with Crippen molar-refractivity contribution in [2.24, 2.45) is 4.99 Å². The van der Waals surface area contributed by atoms with E-state index in [2.05, 4.69) is 42.0 Å². The van der Waals surface area contributed by atoms with Gasteiger partial charge >= 0.3 is 19.5 Å². The van der Waals surface area contributed by atoms with Gasteiger partial charge in [0.15, 0.2) is 0 Å². The van der Waals surface area contributed by atoms with Crippen molar-refractivity contribution < 1.29 is 19.5 Å². The fourth-order valence-corrected chi connectivity index (χ4v) is 3.46. The van der Waals surface area contributed by atoms with E-state index in [1.165, 1.54) is 0 Å². The molecule has 0 bridgehead atoms. The summed E-state index contributed by atoms with van der Waals surface area (Å²) in [6.07, 6.45) is 12.4. The normalized spacial score (nSPS) is 11.3. The topological polar surface area (TPSA) is 79.2 Å². The summed E-state index contributed by atoms with van der Waals surface area (Å²) in [5.74, 6) is 1.42. The summed E-state index contributed by atoms with van der Waals surface area (Å²) >= 11 is 0. The fraction of sp³-hybridized carbons (Fsp3) is 0. The molecule has 0 saturated heterocycles. The minimum Gasteiger partial charge on any atom is -0.443 e. The number of pyridine rings is 3. The predicted molar refractivity (Wildman–Crippen MR) is 135 cm³/mol. The van der Waals surface area contributed by atoms with Gasteiger partial charge in [0.05, 0.1) is 11.5 Å². The first-order valence-corrected chi connectivity index (χ1v) is 10.8. The van der Waals surface area contributed by atoms with Gasteiger partial charge in [-0.2, -0.15) is 0 Å². The van der Waals surface area contributed by atoms with Gasteiger partial charge in [0.1, 0.15) is 0 Å². The third-order valence-corrected chi connectivity index (χ3v) is 5.09. The van der Waals surface area contributed by atoms with E-state index in [4.69, 9.17) is 0 Å². The van der Waals surface area contributed by atoms with E-state index in [1.807, 2.05) is 78.9 Å². The first-order valence-electron chi connectivity index (χ1n) is 10.8. The number of fused-ring (bicyclic) bond motifs is 2. The molecule has 6 nitrogen and oxygen atoms in total. The second-order valence-corrected chi connectivity index (χ2v) is 7.33. The van der Waals surface area contributed by atoms with Crippen molar-refractivity contribution in [1.29, 1.82) is 0 Å². The predicted octanol–water partition coefficient (Wildman–Crippen LogP) is 5.18. The molecule has 0 saturated carbocycles. The van der Waals surface area contributed by atoms with E-state index in [-0.39, 0.29) is 19.5 Å². The summed E-state index contributed by atoms with van der Waals surface area (Å²) in [6, 6.07) is 26.0. The third-order valence-electron chi connectivity index (χ3n) is 5.09. The van der Waals surface area contributed by atoms with E-state index in [9.17, 15) is 0 Å². The number of aromatic nitrogens is 5. The van der Waals surface area contributed by atoms with Crippen LogP contribution in [0, 0.1) is 0 Å². The Kier molecular flexibility index (Phi) is 8.05. The Morgan fingerprint density at radius 3 is 2.14 bits per heavy atom. The molecule has 6 rings (SSSR count). The molecule has 0 aliphatic rings. The van der Waals surface area contributed by atoms with Gasteiger partial charge in [-0.05, 0) is 45.9 Å². The van der Waals surface area contributed by atoms with Gasteiger partial charge in [-0.1, -0.05) is 91.2 Å². The van der Waals surface area contributed by atoms with Gasteiger partial charge in [0.2, 0.25) is 0 Å². The Morgan fingerprint density at radius 1 is 0.600 bits per heavy atom. The smallest absolute Gasteiger partial charge is 0.443 e. The van der Waals surface area contributed by atoms with Crippen molar-refractivity contribution in [3.05, 3.63) is 127 Å². The maximum Gasteiger partial charge on any atom is 2.00 e. The number of imidazole rings is 1. The van der Waals surface area contributed by atoms with Crippen LogP contribution in [0.25, 0.3) is 33.7 Å². The molecule has 6 aromatic rings. The van der Waals surface area contributed by atoms with Gasteiger partial charge < -0.3 is 19.9 Å². The molecule has 4 heterocycles. The van der Waals surface area contributed by atoms with Gasteiger partial charge in [-0.3, -0.25) is 9.97 Å². The van der Waals surface area contributed by atoms with Crippen LogP contribution >= 0.6 is 0 Å². The third kappa shape index (κ3) is 6.02. The zero-order valence-corrected chi connectivity index (χ0v) is 21.9. The molecule has 0 aliphatic heterocycles. The van der Waals surface area contributed by atoms with Gasteiger partial charge in [-0.15, -0.1) is 0 Å². The van der Waals surface area contributed by atoms with Crippen molar-refractivity contribution in [1.82, 2.24) is 24.9 Å². The maximum absolute atomic E-state index is 4.68. The molecule has 0 spiro atoms. The quantitative estimate of drug-likeness (QED) is 0.310. The Balaban J connectivity index is 0.000000179. The zero-order chi connectivity index (χ0) is 23.0. The van der Waals surface area contributed by atoms with Gasteiger partial charge in [0.25, 0.3) is 0 Å². The number of hydrogen-bond donors (Lipinski definition) is 0. The van der Waals surface area contributed by atoms with Crippen LogP contribution < -0.4 is 15.5 Å². The summed E-state index contributed by atoms with van der Waals surface area (Å²) in [4.78, 5) is 25.6. The number of rotatable bonds is 3. The van der Waals surface area contributed by atoms with Crippen LogP contribution in [0.4, 0.5) is 5.82 Å². The van der Waals surface area contributed by atoms with Crippen molar-refractivity contribution in [2.45, 2.75) is 0 Å². The first kappa shape index (κ1) is 23.9. The van der Waals surface area contributed by atoms with Crippen molar-refractivity contribution >= 4 is 39.5 Å². The van der Waals surface area contributed by atoms with Gasteiger partial charge in [0, 0.05) is 17.8 Å². The Labute approximate surface area is 215 Å². The summed E-state index contributed by atoms with van der Waals surface area (Å²) in [5.41, 5.74) is 1.62. The number of hydrogen-bond acceptors (Lipinski definition) is 4. The van der Waals surface area contributed by atoms with Crippen LogP contribution in [0.1, 0.15) is 11.5 Å². The van der Waals surface area contributed by atoms with E-state index in [0.717, 1.165) is 27.2 Å². The molecule has 35 heavy (non-hydrogen) atoms. The second-order valence-electron chi connectivity index (χ2n) is 7.33. The van der Waals surface area contributed by atoms with Crippen LogP contribution in [-0.4, -0.2) is 15.0 Å². The largest absolute Gasteiger partial charge is 2.00 e. The van der Waals surface area contributed by atoms with Crippen molar-refractivity contribution in [3.8, 4) is 0 Å². The minimum absolute atomic E-state index is 0. The molecule has 4 aromatic heterocycles. The minimum atomic E-state index is 0. The molecule has 0 radical (unpaired) electrons. The number of nitrogens with zero attached hydrogens (tertiary/aromatic N) is 6. The Hall–Kier alpha value is -4.22. The molecule has 0 N–H and O–H groups in total. The average Bonchev–Trinajstić information content (AvgIpc) is 3.43. The van der Waals surface area contributed by atoms with Crippen LogP contribution in [0.3, 0.4) is 0 Å². The van der Waals surface area contributed by atoms with Crippen molar-refractivity contribution in [3.63, 3.8) is 0 Å². The first-order chi connectivity index (χ1) is 16.9. The average molecular weight is 506 g/mol. The van der Waals surface area contributed by atoms with E-state index in [1.54, 1.807) is 31.0 Å². The van der Waals surface area contributed by atoms with Crippen LogP contribution in [0.2, 0.25) is 0 Å². The van der Waals surface area contributed by atoms with Crippen molar-refractivity contribution in [2.75, 3.05) is 0 Å². The molecule has 164 valence electrons. The summed E-state index contributed by atoms with van der Waals surface area (Å²) < 4.78 is 0. The summed E-state index contributed by atoms with van der Waals surface area (Å²) in [6.45, 7) is 0. The maximum atomic E-state index is 4.68. The van der Waals surface area contributed by atoms with Crippen LogP contribution in [-0.2, 0) is 19.5 Å². The molecule has 0 amide bonds. The second kappa shape index (κ2) is 11.8. The summed E-state index contributed by atoms with van der Waals surface area (Å²) in [7, 11) is 0. The Bertz CT molecular complexity index is 1600. The molecule has 0 fully saturated rings. The standard InChI is InChI=1S/C18H12N3.C10H8N3.Zn/c1-3-7-15-13(5-1)9-11-19-17(15)21-18-16-8-4-2-6-14(16)10-12-20-18;1-2-6-11-9(3-1)4-5-10-12-7-8-13-10;/h1-12H;1-8H;/q2*-1;+2/b;5-4-;. The molecule has 2 aromatic carbocycles. The van der Waals surface area contributed by atoms with Gasteiger partial charge in [-0.25, -0.2) is 0 Å². The monoisotopic (exact) mass is 504 g/mol. The Morgan fingerprint density at radius 2 is 1.37 bits per heavy atom. The molecular weight excluding hydrogens is 486 g/mol. The molecule has 7 heteroatoms. The molecular formula is C28H20N6Zn. The van der Waals surface area contributed by atoms with E-state index in [0.29, 0.717) is 17.1 Å². The zero-order valence-electron chi connectivity index (χ0n) is 18.9. The number of benzene rings is 2. The fourth-order valence-electron chi connectivity index (χ4n) is 3.46. The SMILES string of the molecule is C(=C/c1ncc[n-]1)/c1ccccn1.[Zn+2].c1ccc2c(N=c3[n-]ccc4ccccc34)nccc2c1. The molecule has 0 aliphatic carbocycles. The van der Waals surface area contributed by atoms with Crippen LogP contribution in [0.5, 0.6) is 0 Å². The molecule has 0 unspecified atom stereocenters. The van der Waals surface area contributed by atoms with Crippen LogP contribution in [0.15, 0.2) is 115 Å².